The van der Waals surface area contributed by atoms with Crippen LogP contribution in [0.1, 0.15) is 16.7 Å². The largest absolute Gasteiger partial charge is 0.384 e. The molecule has 80 valence electrons. The minimum atomic E-state index is 0.117. The van der Waals surface area contributed by atoms with Crippen molar-refractivity contribution in [2.45, 2.75) is 6.42 Å². The van der Waals surface area contributed by atoms with Crippen molar-refractivity contribution in [3.63, 3.8) is 0 Å². The van der Waals surface area contributed by atoms with Crippen LogP contribution >= 0.6 is 0 Å². The lowest BCUT2D eigenvalue weighted by Gasteiger charge is -2.03. The quantitative estimate of drug-likeness (QED) is 0.593. The fraction of sp³-hybridized carbons (Fsp3) is 0.0714. The van der Waals surface area contributed by atoms with Gasteiger partial charge in [-0.15, -0.1) is 0 Å². The number of rotatable bonds is 3. The number of nitrogens with one attached hydrogen (secondary N) is 1. The summed E-state index contributed by atoms with van der Waals surface area (Å²) in [6.07, 6.45) is 0.916. The maximum Gasteiger partial charge on any atom is 0.122 e. The van der Waals surface area contributed by atoms with Crippen molar-refractivity contribution >= 4 is 5.84 Å². The first-order valence-corrected chi connectivity index (χ1v) is 5.23. The molecule has 2 aromatic rings. The monoisotopic (exact) mass is 210 g/mol. The first-order valence-electron chi connectivity index (χ1n) is 5.23. The van der Waals surface area contributed by atoms with Crippen LogP contribution in [0.2, 0.25) is 0 Å². The minimum Gasteiger partial charge on any atom is -0.384 e. The Morgan fingerprint density at radius 2 is 1.44 bits per heavy atom. The van der Waals surface area contributed by atoms with E-state index < -0.39 is 0 Å². The van der Waals surface area contributed by atoms with Gasteiger partial charge in [0, 0.05) is 5.56 Å². The van der Waals surface area contributed by atoms with Crippen molar-refractivity contribution in [2.75, 3.05) is 0 Å². The summed E-state index contributed by atoms with van der Waals surface area (Å²) >= 11 is 0. The minimum absolute atomic E-state index is 0.117. The lowest BCUT2D eigenvalue weighted by Crippen LogP contribution is -2.10. The van der Waals surface area contributed by atoms with Gasteiger partial charge in [0.1, 0.15) is 5.84 Å². The van der Waals surface area contributed by atoms with Crippen molar-refractivity contribution < 1.29 is 0 Å². The van der Waals surface area contributed by atoms with Gasteiger partial charge in [0.25, 0.3) is 0 Å². The fourth-order valence-electron chi connectivity index (χ4n) is 1.63. The molecule has 0 aliphatic carbocycles. The summed E-state index contributed by atoms with van der Waals surface area (Å²) in [6, 6.07) is 18.1. The molecule has 2 nitrogen and oxygen atoms in total. The standard InChI is InChI=1S/C14H14N2/c15-14(16)13-8-6-12(7-9-13)10-11-4-2-1-3-5-11/h1-9H,10H2,(H3,15,16). The van der Waals surface area contributed by atoms with Gasteiger partial charge in [-0.25, -0.2) is 0 Å². The molecule has 16 heavy (non-hydrogen) atoms. The number of nitrogens with two attached hydrogens (primary N) is 1. The Balaban J connectivity index is 2.14. The number of benzene rings is 2. The SMILES string of the molecule is N=C(N)c1ccc(Cc2ccccc2)cc1. The molecule has 0 bridgehead atoms. The van der Waals surface area contributed by atoms with Crippen molar-refractivity contribution in [3.8, 4) is 0 Å². The van der Waals surface area contributed by atoms with Gasteiger partial charge in [-0.3, -0.25) is 5.41 Å². The Hall–Kier alpha value is -2.09. The average molecular weight is 210 g/mol. The first kappa shape index (κ1) is 10.4. The number of hydrogen-bond acceptors (Lipinski definition) is 1. The van der Waals surface area contributed by atoms with Crippen LogP contribution in [0.5, 0.6) is 0 Å². The highest BCUT2D eigenvalue weighted by Crippen LogP contribution is 2.10. The Morgan fingerprint density at radius 1 is 0.875 bits per heavy atom. The summed E-state index contributed by atoms with van der Waals surface area (Å²) < 4.78 is 0. The molecule has 0 amide bonds. The van der Waals surface area contributed by atoms with E-state index in [0.717, 1.165) is 12.0 Å². The number of amidine groups is 1. The molecule has 2 heteroatoms. The average Bonchev–Trinajstić information content (AvgIpc) is 2.31. The molecule has 0 aliphatic rings. The van der Waals surface area contributed by atoms with Crippen molar-refractivity contribution in [1.29, 1.82) is 5.41 Å². The summed E-state index contributed by atoms with van der Waals surface area (Å²) in [6.45, 7) is 0. The van der Waals surface area contributed by atoms with Gasteiger partial charge in [-0.2, -0.15) is 0 Å². The Labute approximate surface area is 95.2 Å². The topological polar surface area (TPSA) is 49.9 Å². The predicted octanol–water partition coefficient (Wildman–Crippen LogP) is 2.56. The molecule has 0 radical (unpaired) electrons. The first-order chi connectivity index (χ1) is 7.75. The molecule has 2 rings (SSSR count). The smallest absolute Gasteiger partial charge is 0.122 e. The lowest BCUT2D eigenvalue weighted by molar-refractivity contribution is 1.19. The third-order valence-corrected chi connectivity index (χ3v) is 2.52. The summed E-state index contributed by atoms with van der Waals surface area (Å²) in [5.41, 5.74) is 8.70. The Bertz CT molecular complexity index is 472. The van der Waals surface area contributed by atoms with Crippen LogP contribution < -0.4 is 5.73 Å². The molecule has 0 fully saturated rings. The van der Waals surface area contributed by atoms with E-state index in [4.69, 9.17) is 11.1 Å². The molecule has 0 saturated carbocycles. The van der Waals surface area contributed by atoms with Gasteiger partial charge in [0.15, 0.2) is 0 Å². The van der Waals surface area contributed by atoms with Crippen LogP contribution in [-0.4, -0.2) is 5.84 Å². The van der Waals surface area contributed by atoms with Crippen LogP contribution in [0.25, 0.3) is 0 Å². The van der Waals surface area contributed by atoms with Crippen LogP contribution in [-0.2, 0) is 6.42 Å². The molecule has 3 N–H and O–H groups in total. The van der Waals surface area contributed by atoms with E-state index in [1.165, 1.54) is 11.1 Å². The van der Waals surface area contributed by atoms with E-state index >= 15 is 0 Å². The van der Waals surface area contributed by atoms with E-state index in [2.05, 4.69) is 12.1 Å². The highest BCUT2D eigenvalue weighted by molar-refractivity contribution is 5.94. The number of nitrogen functional groups attached to an aromatic ring is 1. The van der Waals surface area contributed by atoms with Gasteiger partial charge >= 0.3 is 0 Å². The normalized spacial score (nSPS) is 10.0. The molecule has 0 spiro atoms. The number of hydrogen-bond donors (Lipinski definition) is 2. The second kappa shape index (κ2) is 4.62. The molecule has 0 atom stereocenters. The second-order valence-corrected chi connectivity index (χ2v) is 3.77. The van der Waals surface area contributed by atoms with Gasteiger partial charge in [0.2, 0.25) is 0 Å². The van der Waals surface area contributed by atoms with Gasteiger partial charge in [0.05, 0.1) is 0 Å². The lowest BCUT2D eigenvalue weighted by atomic mass is 10.0. The summed E-state index contributed by atoms with van der Waals surface area (Å²) in [7, 11) is 0. The third kappa shape index (κ3) is 2.48. The van der Waals surface area contributed by atoms with Gasteiger partial charge < -0.3 is 5.73 Å². The zero-order chi connectivity index (χ0) is 11.4. The molecular formula is C14H14N2. The summed E-state index contributed by atoms with van der Waals surface area (Å²) in [5.74, 6) is 0.117. The van der Waals surface area contributed by atoms with E-state index in [1.54, 1.807) is 0 Å². The van der Waals surface area contributed by atoms with Crippen molar-refractivity contribution in [1.82, 2.24) is 0 Å². The fourth-order valence-corrected chi connectivity index (χ4v) is 1.63. The zero-order valence-corrected chi connectivity index (χ0v) is 8.98. The van der Waals surface area contributed by atoms with Crippen LogP contribution in [0.3, 0.4) is 0 Å². The van der Waals surface area contributed by atoms with Crippen molar-refractivity contribution in [3.05, 3.63) is 71.3 Å². The molecule has 0 saturated heterocycles. The van der Waals surface area contributed by atoms with Crippen LogP contribution in [0, 0.1) is 5.41 Å². The predicted molar refractivity (Wildman–Crippen MR) is 66.7 cm³/mol. The molecule has 0 unspecified atom stereocenters. The van der Waals surface area contributed by atoms with E-state index in [0.29, 0.717) is 0 Å². The summed E-state index contributed by atoms with van der Waals surface area (Å²) in [4.78, 5) is 0. The van der Waals surface area contributed by atoms with Crippen molar-refractivity contribution in [2.24, 2.45) is 5.73 Å². The molecular weight excluding hydrogens is 196 g/mol. The second-order valence-electron chi connectivity index (χ2n) is 3.77. The van der Waals surface area contributed by atoms with Crippen LogP contribution in [0.4, 0.5) is 0 Å². The maximum atomic E-state index is 7.30. The van der Waals surface area contributed by atoms with Gasteiger partial charge in [-0.1, -0.05) is 54.6 Å². The molecule has 0 aromatic heterocycles. The molecule has 0 heterocycles. The molecule has 0 aliphatic heterocycles. The third-order valence-electron chi connectivity index (χ3n) is 2.52. The van der Waals surface area contributed by atoms with E-state index in [9.17, 15) is 0 Å². The van der Waals surface area contributed by atoms with Crippen LogP contribution in [0.15, 0.2) is 54.6 Å². The highest BCUT2D eigenvalue weighted by Gasteiger charge is 1.98. The Morgan fingerprint density at radius 3 is 2.00 bits per heavy atom. The molecule has 2 aromatic carbocycles. The van der Waals surface area contributed by atoms with Gasteiger partial charge in [-0.05, 0) is 17.5 Å². The summed E-state index contributed by atoms with van der Waals surface area (Å²) in [5, 5.41) is 7.30. The highest BCUT2D eigenvalue weighted by atomic mass is 14.7. The zero-order valence-electron chi connectivity index (χ0n) is 8.98. The Kier molecular flexibility index (Phi) is 3.01. The maximum absolute atomic E-state index is 7.30. The van der Waals surface area contributed by atoms with E-state index in [-0.39, 0.29) is 5.84 Å². The van der Waals surface area contributed by atoms with E-state index in [1.807, 2.05) is 42.5 Å².